The second-order valence-corrected chi connectivity index (χ2v) is 8.20. The Hall–Kier alpha value is -2.63. The van der Waals surface area contributed by atoms with Crippen LogP contribution in [0.5, 0.6) is 0 Å². The van der Waals surface area contributed by atoms with Crippen molar-refractivity contribution in [3.05, 3.63) is 92.6 Å². The van der Waals surface area contributed by atoms with Gasteiger partial charge in [-0.3, -0.25) is 9.59 Å². The molecule has 142 valence electrons. The zero-order valence-electron chi connectivity index (χ0n) is 15.3. The molecule has 0 saturated carbocycles. The number of thiophene rings is 1. The van der Waals surface area contributed by atoms with Crippen molar-refractivity contribution in [2.75, 3.05) is 7.05 Å². The molecule has 2 heterocycles. The van der Waals surface area contributed by atoms with Crippen molar-refractivity contribution in [1.29, 1.82) is 0 Å². The van der Waals surface area contributed by atoms with E-state index >= 15 is 0 Å². The predicted octanol–water partition coefficient (Wildman–Crippen LogP) is 4.63. The Kier molecular flexibility index (Phi) is 5.20. The van der Waals surface area contributed by atoms with Gasteiger partial charge in [-0.15, -0.1) is 11.3 Å². The van der Waals surface area contributed by atoms with Crippen molar-refractivity contribution in [3.63, 3.8) is 0 Å². The van der Waals surface area contributed by atoms with Gasteiger partial charge in [0.2, 0.25) is 5.91 Å². The smallest absolute Gasteiger partial charge is 0.254 e. The van der Waals surface area contributed by atoms with Gasteiger partial charge >= 0.3 is 0 Å². The Balaban J connectivity index is 1.68. The fraction of sp³-hybridized carbons (Fsp3) is 0.182. The average Bonchev–Trinajstić information content (AvgIpc) is 3.24. The molecular formula is C22H19ClN2O2S. The van der Waals surface area contributed by atoms with Gasteiger partial charge in [0.05, 0.1) is 12.0 Å². The van der Waals surface area contributed by atoms with Gasteiger partial charge in [-0.1, -0.05) is 48.0 Å². The molecule has 0 unspecified atom stereocenters. The fourth-order valence-corrected chi connectivity index (χ4v) is 4.70. The highest BCUT2D eigenvalue weighted by Gasteiger charge is 2.42. The van der Waals surface area contributed by atoms with Crippen LogP contribution in [0.1, 0.15) is 38.3 Å². The number of carbonyl (C=O) groups is 2. The molecule has 3 aromatic rings. The molecular weight excluding hydrogens is 392 g/mol. The van der Waals surface area contributed by atoms with E-state index in [1.165, 1.54) is 0 Å². The van der Waals surface area contributed by atoms with Crippen LogP contribution in [-0.4, -0.2) is 23.8 Å². The van der Waals surface area contributed by atoms with Crippen LogP contribution in [0.3, 0.4) is 0 Å². The van der Waals surface area contributed by atoms with E-state index in [4.69, 9.17) is 11.6 Å². The van der Waals surface area contributed by atoms with E-state index in [0.29, 0.717) is 17.1 Å². The van der Waals surface area contributed by atoms with Gasteiger partial charge in [0.25, 0.3) is 5.91 Å². The third-order valence-corrected chi connectivity index (χ3v) is 6.27. The lowest BCUT2D eigenvalue weighted by atomic mass is 9.81. The number of carbonyl (C=O) groups excluding carboxylic acids is 2. The van der Waals surface area contributed by atoms with Gasteiger partial charge < -0.3 is 10.2 Å². The van der Waals surface area contributed by atoms with E-state index in [1.54, 1.807) is 41.5 Å². The van der Waals surface area contributed by atoms with Crippen molar-refractivity contribution in [1.82, 2.24) is 10.2 Å². The molecule has 0 fully saturated rings. The minimum atomic E-state index is -0.468. The number of benzene rings is 2. The monoisotopic (exact) mass is 410 g/mol. The van der Waals surface area contributed by atoms with Crippen molar-refractivity contribution in [2.45, 2.75) is 18.5 Å². The van der Waals surface area contributed by atoms with E-state index in [0.717, 1.165) is 16.0 Å². The number of halogens is 1. The molecule has 1 aromatic heterocycles. The first kappa shape index (κ1) is 18.7. The summed E-state index contributed by atoms with van der Waals surface area (Å²) in [5.74, 6) is -0.624. The van der Waals surface area contributed by atoms with Gasteiger partial charge in [0, 0.05) is 29.1 Å². The van der Waals surface area contributed by atoms with E-state index < -0.39 is 5.92 Å². The first-order valence-corrected chi connectivity index (χ1v) is 10.2. The quantitative estimate of drug-likeness (QED) is 0.681. The van der Waals surface area contributed by atoms with Gasteiger partial charge in [-0.25, -0.2) is 0 Å². The van der Waals surface area contributed by atoms with Crippen LogP contribution < -0.4 is 5.32 Å². The highest BCUT2D eigenvalue weighted by Crippen LogP contribution is 2.43. The maximum Gasteiger partial charge on any atom is 0.254 e. The van der Waals surface area contributed by atoms with Crippen molar-refractivity contribution in [3.8, 4) is 0 Å². The summed E-state index contributed by atoms with van der Waals surface area (Å²) in [6, 6.07) is 18.4. The SMILES string of the molecule is CN1C(=O)c2ccccc2[C@@H](C(=O)NCc2ccc(Cl)cc2)[C@@H]1c1cccs1. The van der Waals surface area contributed by atoms with Gasteiger partial charge in [0.1, 0.15) is 0 Å². The maximum atomic E-state index is 13.3. The molecule has 2 aromatic carbocycles. The largest absolute Gasteiger partial charge is 0.351 e. The Labute approximate surface area is 172 Å². The highest BCUT2D eigenvalue weighted by molar-refractivity contribution is 7.10. The zero-order chi connectivity index (χ0) is 19.7. The Bertz CT molecular complexity index is 1000. The summed E-state index contributed by atoms with van der Waals surface area (Å²) in [5, 5.41) is 5.67. The second-order valence-electron chi connectivity index (χ2n) is 6.79. The lowest BCUT2D eigenvalue weighted by Gasteiger charge is -2.39. The third-order valence-electron chi connectivity index (χ3n) is 5.08. The maximum absolute atomic E-state index is 13.3. The predicted molar refractivity (Wildman–Crippen MR) is 112 cm³/mol. The Morgan fingerprint density at radius 2 is 1.86 bits per heavy atom. The number of hydrogen-bond donors (Lipinski definition) is 1. The van der Waals surface area contributed by atoms with E-state index in [1.807, 2.05) is 47.8 Å². The average molecular weight is 411 g/mol. The summed E-state index contributed by atoms with van der Waals surface area (Å²) in [7, 11) is 1.77. The molecule has 2 atom stereocenters. The summed E-state index contributed by atoms with van der Waals surface area (Å²) < 4.78 is 0. The summed E-state index contributed by atoms with van der Waals surface area (Å²) in [5.41, 5.74) is 2.33. The molecule has 0 bridgehead atoms. The molecule has 1 aliphatic rings. The summed E-state index contributed by atoms with van der Waals surface area (Å²) in [6.45, 7) is 0.406. The van der Waals surface area contributed by atoms with Crippen LogP contribution in [0, 0.1) is 0 Å². The van der Waals surface area contributed by atoms with Crippen LogP contribution in [0.25, 0.3) is 0 Å². The Morgan fingerprint density at radius 3 is 2.57 bits per heavy atom. The Morgan fingerprint density at radius 1 is 1.11 bits per heavy atom. The normalized spacial score (nSPS) is 18.6. The molecule has 28 heavy (non-hydrogen) atoms. The summed E-state index contributed by atoms with van der Waals surface area (Å²) in [4.78, 5) is 28.9. The molecule has 4 nitrogen and oxygen atoms in total. The van der Waals surface area contributed by atoms with Crippen LogP contribution in [-0.2, 0) is 11.3 Å². The second kappa shape index (κ2) is 7.78. The number of nitrogens with zero attached hydrogens (tertiary/aromatic N) is 1. The van der Waals surface area contributed by atoms with Gasteiger partial charge in [-0.05, 0) is 40.8 Å². The minimum Gasteiger partial charge on any atom is -0.351 e. The lowest BCUT2D eigenvalue weighted by Crippen LogP contribution is -2.45. The summed E-state index contributed by atoms with van der Waals surface area (Å²) >= 11 is 7.49. The van der Waals surface area contributed by atoms with Gasteiger partial charge in [-0.2, -0.15) is 0 Å². The molecule has 0 aliphatic carbocycles. The number of amides is 2. The zero-order valence-corrected chi connectivity index (χ0v) is 16.8. The first-order chi connectivity index (χ1) is 13.6. The third kappa shape index (κ3) is 3.43. The number of fused-ring (bicyclic) bond motifs is 1. The molecule has 0 radical (unpaired) electrons. The van der Waals surface area contributed by atoms with Crippen LogP contribution in [0.2, 0.25) is 5.02 Å². The number of hydrogen-bond acceptors (Lipinski definition) is 3. The number of nitrogens with one attached hydrogen (secondary N) is 1. The molecule has 0 spiro atoms. The fourth-order valence-electron chi connectivity index (χ4n) is 3.67. The number of rotatable bonds is 4. The summed E-state index contributed by atoms with van der Waals surface area (Å²) in [6.07, 6.45) is 0. The van der Waals surface area contributed by atoms with Crippen LogP contribution >= 0.6 is 22.9 Å². The molecule has 4 rings (SSSR count). The number of likely N-dealkylation sites (N-methyl/N-ethyl adjacent to an activating group) is 1. The standard InChI is InChI=1S/C22H19ClN2O2S/c1-25-20(18-7-4-12-28-18)19(16-5-2-3-6-17(16)22(25)27)21(26)24-13-14-8-10-15(23)11-9-14/h2-12,19-20H,13H2,1H3,(H,24,26)/t19-,20+/m1/s1. The highest BCUT2D eigenvalue weighted by atomic mass is 35.5. The van der Waals surface area contributed by atoms with Crippen molar-refractivity contribution in [2.24, 2.45) is 0 Å². The molecule has 0 saturated heterocycles. The van der Waals surface area contributed by atoms with E-state index in [-0.39, 0.29) is 17.9 Å². The van der Waals surface area contributed by atoms with Gasteiger partial charge in [0.15, 0.2) is 0 Å². The molecule has 2 amide bonds. The van der Waals surface area contributed by atoms with Crippen LogP contribution in [0.15, 0.2) is 66.0 Å². The van der Waals surface area contributed by atoms with E-state index in [2.05, 4.69) is 5.32 Å². The minimum absolute atomic E-state index is 0.0595. The first-order valence-electron chi connectivity index (χ1n) is 8.98. The topological polar surface area (TPSA) is 49.4 Å². The molecule has 6 heteroatoms. The van der Waals surface area contributed by atoms with Crippen LogP contribution in [0.4, 0.5) is 0 Å². The molecule has 1 N–H and O–H groups in total. The lowest BCUT2D eigenvalue weighted by molar-refractivity contribution is -0.124. The van der Waals surface area contributed by atoms with E-state index in [9.17, 15) is 9.59 Å². The molecule has 1 aliphatic heterocycles. The van der Waals surface area contributed by atoms with Crippen molar-refractivity contribution >= 4 is 34.8 Å². The van der Waals surface area contributed by atoms with Crippen molar-refractivity contribution < 1.29 is 9.59 Å².